The van der Waals surface area contributed by atoms with E-state index in [2.05, 4.69) is 34.6 Å². The van der Waals surface area contributed by atoms with E-state index in [-0.39, 0.29) is 0 Å². The lowest BCUT2D eigenvalue weighted by Gasteiger charge is -2.59. The van der Waals surface area contributed by atoms with Crippen LogP contribution in [0.15, 0.2) is 11.1 Å². The van der Waals surface area contributed by atoms with Crippen LogP contribution in [-0.2, 0) is 0 Å². The average Bonchev–Trinajstić information content (AvgIpc) is 2.93. The molecular weight excluding hydrogens is 300 g/mol. The van der Waals surface area contributed by atoms with E-state index in [0.29, 0.717) is 16.2 Å². The molecule has 0 aromatic rings. The molecule has 0 heterocycles. The second kappa shape index (κ2) is 6.13. The number of allylic oxidation sites excluding steroid dienone is 2. The maximum atomic E-state index is 2.70. The first-order chi connectivity index (χ1) is 11.9. The van der Waals surface area contributed by atoms with Gasteiger partial charge in [0.1, 0.15) is 0 Å². The molecule has 0 N–H and O–H groups in total. The highest BCUT2D eigenvalue weighted by Crippen LogP contribution is 2.68. The zero-order valence-electron chi connectivity index (χ0n) is 17.7. The first-order valence-corrected chi connectivity index (χ1v) is 11.6. The summed E-state index contributed by atoms with van der Waals surface area (Å²) in [6.45, 7) is 13.0. The minimum atomic E-state index is 0.535. The maximum absolute atomic E-state index is 2.70. The van der Waals surface area contributed by atoms with Crippen LogP contribution in [0.3, 0.4) is 0 Å². The standard InChI is InChI=1S/C25H42/c1-6-9-18(2)20-10-11-21-19-12-16-23(3)14-7-8-15-25(23,5)22(19)13-17-24(20,21)4/h18,20-21H,6-17H2,1-5H3/t18-,20-,21+,23?,24-,25-/m1/s1. The summed E-state index contributed by atoms with van der Waals surface area (Å²) < 4.78 is 0. The molecule has 0 nitrogen and oxygen atoms in total. The van der Waals surface area contributed by atoms with Gasteiger partial charge in [0.15, 0.2) is 0 Å². The minimum absolute atomic E-state index is 0.535. The SMILES string of the molecule is CCC[C@@H](C)[C@H]1CC[C@H]2C3=C(CC[C@]12C)[C@@]1(C)CCCCC1(C)CC3. The summed E-state index contributed by atoms with van der Waals surface area (Å²) in [6.07, 6.45) is 17.6. The van der Waals surface area contributed by atoms with E-state index in [9.17, 15) is 0 Å². The third-order valence-electron chi connectivity index (χ3n) is 10.2. The molecule has 0 amide bonds. The van der Waals surface area contributed by atoms with Crippen LogP contribution in [0.4, 0.5) is 0 Å². The summed E-state index contributed by atoms with van der Waals surface area (Å²) >= 11 is 0. The highest BCUT2D eigenvalue weighted by molar-refractivity contribution is 5.35. The molecule has 142 valence electrons. The van der Waals surface area contributed by atoms with E-state index in [1.807, 2.05) is 11.1 Å². The van der Waals surface area contributed by atoms with Crippen molar-refractivity contribution in [1.82, 2.24) is 0 Å². The molecule has 0 aromatic heterocycles. The van der Waals surface area contributed by atoms with Gasteiger partial charge in [0.2, 0.25) is 0 Å². The minimum Gasteiger partial charge on any atom is -0.0668 e. The predicted molar refractivity (Wildman–Crippen MR) is 109 cm³/mol. The highest BCUT2D eigenvalue weighted by atomic mass is 14.6. The molecule has 4 aliphatic rings. The fraction of sp³-hybridized carbons (Fsp3) is 0.920. The second-order valence-corrected chi connectivity index (χ2v) is 11.1. The van der Waals surface area contributed by atoms with Gasteiger partial charge in [-0.25, -0.2) is 0 Å². The van der Waals surface area contributed by atoms with Crippen molar-refractivity contribution in [2.75, 3.05) is 0 Å². The molecule has 0 radical (unpaired) electrons. The Bertz CT molecular complexity index is 556. The molecule has 4 aliphatic carbocycles. The molecule has 4 rings (SSSR count). The lowest BCUT2D eigenvalue weighted by atomic mass is 9.45. The van der Waals surface area contributed by atoms with Crippen molar-refractivity contribution in [2.45, 2.75) is 112 Å². The van der Waals surface area contributed by atoms with Gasteiger partial charge in [0.05, 0.1) is 0 Å². The number of hydrogen-bond acceptors (Lipinski definition) is 0. The molecule has 0 aromatic carbocycles. The second-order valence-electron chi connectivity index (χ2n) is 11.1. The van der Waals surface area contributed by atoms with Gasteiger partial charge in [-0.3, -0.25) is 0 Å². The molecule has 0 bridgehead atoms. The summed E-state index contributed by atoms with van der Waals surface area (Å²) in [5.41, 5.74) is 5.72. The van der Waals surface area contributed by atoms with Gasteiger partial charge in [0, 0.05) is 0 Å². The molecular formula is C25H42. The average molecular weight is 343 g/mol. The van der Waals surface area contributed by atoms with Crippen LogP contribution in [0.2, 0.25) is 0 Å². The van der Waals surface area contributed by atoms with E-state index in [0.717, 1.165) is 17.8 Å². The zero-order chi connectivity index (χ0) is 17.9. The fourth-order valence-electron chi connectivity index (χ4n) is 8.41. The molecule has 0 aliphatic heterocycles. The Hall–Kier alpha value is -0.260. The van der Waals surface area contributed by atoms with Crippen LogP contribution in [-0.4, -0.2) is 0 Å². The van der Waals surface area contributed by atoms with Gasteiger partial charge >= 0.3 is 0 Å². The lowest BCUT2D eigenvalue weighted by Crippen LogP contribution is -2.48. The molecule has 25 heavy (non-hydrogen) atoms. The normalized spacial score (nSPS) is 47.9. The Morgan fingerprint density at radius 2 is 1.72 bits per heavy atom. The summed E-state index contributed by atoms with van der Waals surface area (Å²) in [5, 5.41) is 0. The quantitative estimate of drug-likeness (QED) is 0.457. The Labute approximate surface area is 157 Å². The largest absolute Gasteiger partial charge is 0.0668 e. The third-order valence-corrected chi connectivity index (χ3v) is 10.2. The Morgan fingerprint density at radius 3 is 2.48 bits per heavy atom. The van der Waals surface area contributed by atoms with Crippen molar-refractivity contribution in [1.29, 1.82) is 0 Å². The molecule has 2 fully saturated rings. The molecule has 0 heteroatoms. The number of fused-ring (bicyclic) bond motifs is 4. The van der Waals surface area contributed by atoms with Gasteiger partial charge in [0.25, 0.3) is 0 Å². The topological polar surface area (TPSA) is 0 Å². The van der Waals surface area contributed by atoms with Gasteiger partial charge in [-0.1, -0.05) is 71.4 Å². The lowest BCUT2D eigenvalue weighted by molar-refractivity contribution is 0.00612. The molecule has 2 saturated carbocycles. The van der Waals surface area contributed by atoms with Crippen molar-refractivity contribution < 1.29 is 0 Å². The Balaban J connectivity index is 1.69. The van der Waals surface area contributed by atoms with E-state index in [4.69, 9.17) is 0 Å². The Morgan fingerprint density at radius 1 is 0.960 bits per heavy atom. The van der Waals surface area contributed by atoms with Crippen molar-refractivity contribution in [3.8, 4) is 0 Å². The predicted octanol–water partition coefficient (Wildman–Crippen LogP) is 7.93. The first-order valence-electron chi connectivity index (χ1n) is 11.6. The van der Waals surface area contributed by atoms with Gasteiger partial charge < -0.3 is 0 Å². The van der Waals surface area contributed by atoms with E-state index in [1.165, 1.54) is 77.0 Å². The van der Waals surface area contributed by atoms with E-state index < -0.39 is 0 Å². The molecule has 0 spiro atoms. The van der Waals surface area contributed by atoms with Crippen LogP contribution < -0.4 is 0 Å². The van der Waals surface area contributed by atoms with Crippen molar-refractivity contribution in [3.63, 3.8) is 0 Å². The van der Waals surface area contributed by atoms with Crippen LogP contribution in [0.1, 0.15) is 112 Å². The van der Waals surface area contributed by atoms with E-state index >= 15 is 0 Å². The van der Waals surface area contributed by atoms with Crippen LogP contribution >= 0.6 is 0 Å². The monoisotopic (exact) mass is 342 g/mol. The van der Waals surface area contributed by atoms with Gasteiger partial charge in [-0.05, 0) is 85.4 Å². The summed E-state index contributed by atoms with van der Waals surface area (Å²) in [4.78, 5) is 0. The first kappa shape index (κ1) is 18.1. The van der Waals surface area contributed by atoms with Gasteiger partial charge in [-0.15, -0.1) is 0 Å². The number of hydrogen-bond donors (Lipinski definition) is 0. The van der Waals surface area contributed by atoms with Crippen LogP contribution in [0.5, 0.6) is 0 Å². The highest BCUT2D eigenvalue weighted by Gasteiger charge is 2.57. The smallest absolute Gasteiger partial charge is 0.00597 e. The summed E-state index contributed by atoms with van der Waals surface area (Å²) in [6, 6.07) is 0. The van der Waals surface area contributed by atoms with E-state index in [1.54, 1.807) is 0 Å². The third kappa shape index (κ3) is 2.45. The van der Waals surface area contributed by atoms with Crippen molar-refractivity contribution in [2.24, 2.45) is 34.0 Å². The number of rotatable bonds is 3. The summed E-state index contributed by atoms with van der Waals surface area (Å²) in [5.74, 6) is 2.85. The fourth-order valence-corrected chi connectivity index (χ4v) is 8.41. The molecule has 1 unspecified atom stereocenters. The Kier molecular flexibility index (Phi) is 4.45. The molecule has 6 atom stereocenters. The van der Waals surface area contributed by atoms with Crippen LogP contribution in [0, 0.1) is 34.0 Å². The maximum Gasteiger partial charge on any atom is -0.00597 e. The summed E-state index contributed by atoms with van der Waals surface area (Å²) in [7, 11) is 0. The molecule has 0 saturated heterocycles. The van der Waals surface area contributed by atoms with Crippen molar-refractivity contribution in [3.05, 3.63) is 11.1 Å². The van der Waals surface area contributed by atoms with Crippen molar-refractivity contribution >= 4 is 0 Å². The zero-order valence-corrected chi connectivity index (χ0v) is 17.7. The van der Waals surface area contributed by atoms with Gasteiger partial charge in [-0.2, -0.15) is 0 Å². The van der Waals surface area contributed by atoms with Crippen LogP contribution in [0.25, 0.3) is 0 Å².